The van der Waals surface area contributed by atoms with E-state index in [1.807, 2.05) is 49.9 Å². The average molecular weight is 409 g/mol. The molecule has 8 nitrogen and oxygen atoms in total. The first kappa shape index (κ1) is 20.1. The highest BCUT2D eigenvalue weighted by Crippen LogP contribution is 2.23. The summed E-state index contributed by atoms with van der Waals surface area (Å²) in [6, 6.07) is 7.81. The van der Waals surface area contributed by atoms with E-state index in [0.29, 0.717) is 37.6 Å². The number of amides is 1. The summed E-state index contributed by atoms with van der Waals surface area (Å²) in [5.41, 5.74) is 3.34. The summed E-state index contributed by atoms with van der Waals surface area (Å²) >= 11 is 0. The molecule has 3 aromatic rings. The summed E-state index contributed by atoms with van der Waals surface area (Å²) in [6.07, 6.45) is 2.82. The number of carbonyl (C=O) groups excluding carboxylic acids is 1. The lowest BCUT2D eigenvalue weighted by atomic mass is 9.92. The number of carbonyl (C=O) groups is 1. The van der Waals surface area contributed by atoms with Crippen molar-refractivity contribution in [2.75, 3.05) is 13.1 Å². The van der Waals surface area contributed by atoms with Gasteiger partial charge in [-0.3, -0.25) is 4.79 Å². The fourth-order valence-electron chi connectivity index (χ4n) is 4.19. The number of rotatable bonds is 5. The van der Waals surface area contributed by atoms with E-state index in [-0.39, 0.29) is 11.6 Å². The van der Waals surface area contributed by atoms with Gasteiger partial charge in [-0.1, -0.05) is 23.4 Å². The average Bonchev–Trinajstić information content (AvgIpc) is 3.25. The van der Waals surface area contributed by atoms with Crippen LogP contribution in [0.1, 0.15) is 41.2 Å². The quantitative estimate of drug-likeness (QED) is 0.698. The molecule has 0 saturated carbocycles. The van der Waals surface area contributed by atoms with Crippen molar-refractivity contribution in [3.8, 4) is 5.69 Å². The van der Waals surface area contributed by atoms with Crippen molar-refractivity contribution in [1.82, 2.24) is 24.8 Å². The first-order chi connectivity index (χ1) is 14.4. The summed E-state index contributed by atoms with van der Waals surface area (Å²) in [5, 5.41) is 10.8. The number of nitrogens with zero attached hydrogens (tertiary/aromatic N) is 4. The number of likely N-dealkylation sites (tertiary alicyclic amines) is 1. The molecule has 1 fully saturated rings. The molecule has 1 amide bonds. The fourth-order valence-corrected chi connectivity index (χ4v) is 4.19. The van der Waals surface area contributed by atoms with Gasteiger partial charge in [-0.05, 0) is 51.2 Å². The Morgan fingerprint density at radius 1 is 1.20 bits per heavy atom. The molecule has 3 heterocycles. The van der Waals surface area contributed by atoms with Gasteiger partial charge in [0.15, 0.2) is 0 Å². The Morgan fingerprint density at radius 3 is 2.60 bits per heavy atom. The maximum Gasteiger partial charge on any atom is 0.347 e. The molecule has 0 unspecified atom stereocenters. The van der Waals surface area contributed by atoms with E-state index in [1.165, 1.54) is 0 Å². The highest BCUT2D eigenvalue weighted by Gasteiger charge is 2.26. The second-order valence-corrected chi connectivity index (χ2v) is 8.07. The highest BCUT2D eigenvalue weighted by atomic mass is 16.5. The van der Waals surface area contributed by atoms with Crippen molar-refractivity contribution >= 4 is 5.91 Å². The first-order valence-corrected chi connectivity index (χ1v) is 10.4. The van der Waals surface area contributed by atoms with Crippen molar-refractivity contribution in [3.05, 3.63) is 63.2 Å². The van der Waals surface area contributed by atoms with E-state index in [9.17, 15) is 9.59 Å². The zero-order chi connectivity index (χ0) is 21.3. The molecular formula is C22H27N5O3. The number of hydrogen-bond donors (Lipinski definition) is 1. The number of piperidine rings is 1. The van der Waals surface area contributed by atoms with Crippen LogP contribution >= 0.6 is 0 Å². The van der Waals surface area contributed by atoms with E-state index in [4.69, 9.17) is 4.52 Å². The molecule has 1 N–H and O–H groups in total. The molecule has 2 aromatic heterocycles. The molecule has 8 heteroatoms. The van der Waals surface area contributed by atoms with E-state index >= 15 is 0 Å². The van der Waals surface area contributed by atoms with Crippen LogP contribution < -0.4 is 5.69 Å². The third-order valence-electron chi connectivity index (χ3n) is 6.05. The third kappa shape index (κ3) is 3.94. The fraction of sp³-hybridized carbons (Fsp3) is 0.455. The predicted molar refractivity (Wildman–Crippen MR) is 112 cm³/mol. The minimum absolute atomic E-state index is 0.111. The molecule has 158 valence electrons. The van der Waals surface area contributed by atoms with E-state index in [1.54, 1.807) is 4.57 Å². The molecule has 0 bridgehead atoms. The lowest BCUT2D eigenvalue weighted by molar-refractivity contribution is -0.131. The monoisotopic (exact) mass is 409 g/mol. The van der Waals surface area contributed by atoms with Crippen LogP contribution in [-0.4, -0.2) is 43.8 Å². The zero-order valence-electron chi connectivity index (χ0n) is 17.6. The molecule has 0 spiro atoms. The maximum atomic E-state index is 12.7. The van der Waals surface area contributed by atoms with Crippen LogP contribution in [0.4, 0.5) is 0 Å². The summed E-state index contributed by atoms with van der Waals surface area (Å²) < 4.78 is 6.84. The van der Waals surface area contributed by atoms with Gasteiger partial charge in [0.2, 0.25) is 5.91 Å². The second-order valence-electron chi connectivity index (χ2n) is 8.07. The molecular weight excluding hydrogens is 382 g/mol. The summed E-state index contributed by atoms with van der Waals surface area (Å²) in [6.45, 7) is 7.12. The van der Waals surface area contributed by atoms with Crippen molar-refractivity contribution < 1.29 is 9.32 Å². The van der Waals surface area contributed by atoms with Crippen molar-refractivity contribution in [3.63, 3.8) is 0 Å². The van der Waals surface area contributed by atoms with E-state index in [2.05, 4.69) is 15.4 Å². The molecule has 0 aliphatic carbocycles. The number of aryl methyl sites for hydroxylation is 3. The molecule has 4 rings (SSSR count). The number of H-pyrrole nitrogens is 1. The van der Waals surface area contributed by atoms with Crippen LogP contribution in [0.2, 0.25) is 0 Å². The Hall–Kier alpha value is -3.16. The Kier molecular flexibility index (Phi) is 5.57. The molecule has 1 saturated heterocycles. The van der Waals surface area contributed by atoms with Crippen molar-refractivity contribution in [2.45, 2.75) is 46.5 Å². The van der Waals surface area contributed by atoms with Crippen molar-refractivity contribution in [2.24, 2.45) is 5.92 Å². The minimum Gasteiger partial charge on any atom is -0.361 e. The number of hydrogen-bond acceptors (Lipinski definition) is 5. The minimum atomic E-state index is -0.216. The number of aromatic amines is 1. The van der Waals surface area contributed by atoms with Gasteiger partial charge in [0, 0.05) is 25.1 Å². The maximum absolute atomic E-state index is 12.7. The number of nitrogens with one attached hydrogen (secondary N) is 1. The second kappa shape index (κ2) is 8.30. The zero-order valence-corrected chi connectivity index (χ0v) is 17.6. The van der Waals surface area contributed by atoms with Crippen LogP contribution in [0, 0.1) is 26.7 Å². The molecule has 1 aromatic carbocycles. The summed E-state index contributed by atoms with van der Waals surface area (Å²) in [5.74, 6) is 1.95. The SMILES string of the molecule is Cc1ccccc1-n1c(CC2CCN(C(=O)Cc3c(C)noc3C)CC2)n[nH]c1=O. The van der Waals surface area contributed by atoms with Crippen molar-refractivity contribution in [1.29, 1.82) is 0 Å². The summed E-state index contributed by atoms with van der Waals surface area (Å²) in [7, 11) is 0. The normalized spacial score (nSPS) is 15.0. The molecule has 30 heavy (non-hydrogen) atoms. The predicted octanol–water partition coefficient (Wildman–Crippen LogP) is 2.50. The van der Waals surface area contributed by atoms with Gasteiger partial charge in [-0.2, -0.15) is 5.10 Å². The number of benzene rings is 1. The Labute approximate surface area is 174 Å². The molecule has 0 atom stereocenters. The van der Waals surface area contributed by atoms with Gasteiger partial charge < -0.3 is 9.42 Å². The summed E-state index contributed by atoms with van der Waals surface area (Å²) in [4.78, 5) is 27.0. The third-order valence-corrected chi connectivity index (χ3v) is 6.05. The van der Waals surface area contributed by atoms with E-state index in [0.717, 1.165) is 41.2 Å². The largest absolute Gasteiger partial charge is 0.361 e. The van der Waals surface area contributed by atoms with Crippen LogP contribution in [-0.2, 0) is 17.6 Å². The molecule has 1 aliphatic rings. The van der Waals surface area contributed by atoms with Crippen LogP contribution in [0.3, 0.4) is 0 Å². The van der Waals surface area contributed by atoms with Crippen LogP contribution in [0.25, 0.3) is 5.69 Å². The van der Waals surface area contributed by atoms with Gasteiger partial charge in [0.1, 0.15) is 11.6 Å². The Morgan fingerprint density at radius 2 is 1.93 bits per heavy atom. The standard InChI is InChI=1S/C22H27N5O3/c1-14-6-4-5-7-19(14)27-20(23-24-22(27)29)12-17-8-10-26(11-9-17)21(28)13-18-15(2)25-30-16(18)3/h4-7,17H,8-13H2,1-3H3,(H,24,29). The van der Waals surface area contributed by atoms with Crippen LogP contribution in [0.15, 0.2) is 33.6 Å². The van der Waals surface area contributed by atoms with Gasteiger partial charge >= 0.3 is 5.69 Å². The molecule has 0 radical (unpaired) electrons. The molecule has 1 aliphatic heterocycles. The van der Waals surface area contributed by atoms with Gasteiger partial charge in [0.05, 0.1) is 17.8 Å². The number of para-hydroxylation sites is 1. The number of aromatic nitrogens is 4. The first-order valence-electron chi connectivity index (χ1n) is 10.4. The van der Waals surface area contributed by atoms with Gasteiger partial charge in [0.25, 0.3) is 0 Å². The highest BCUT2D eigenvalue weighted by molar-refractivity contribution is 5.79. The lowest BCUT2D eigenvalue weighted by Crippen LogP contribution is -2.40. The van der Waals surface area contributed by atoms with Gasteiger partial charge in [-0.25, -0.2) is 14.5 Å². The lowest BCUT2D eigenvalue weighted by Gasteiger charge is -2.32. The van der Waals surface area contributed by atoms with Gasteiger partial charge in [-0.15, -0.1) is 0 Å². The van der Waals surface area contributed by atoms with E-state index < -0.39 is 0 Å². The van der Waals surface area contributed by atoms with Crippen LogP contribution in [0.5, 0.6) is 0 Å². The Bertz CT molecular complexity index is 1080. The topological polar surface area (TPSA) is 97.0 Å². The Balaban J connectivity index is 1.40. The smallest absolute Gasteiger partial charge is 0.347 e.